The summed E-state index contributed by atoms with van der Waals surface area (Å²) in [6.45, 7) is 0. The van der Waals surface area contributed by atoms with Crippen LogP contribution in [0.5, 0.6) is 0 Å². The fourth-order valence-electron chi connectivity index (χ4n) is 0.442. The van der Waals surface area contributed by atoms with Crippen molar-refractivity contribution in [1.29, 1.82) is 0 Å². The molecule has 0 bridgehead atoms. The van der Waals surface area contributed by atoms with Gasteiger partial charge in [0, 0.05) is 0 Å². The Labute approximate surface area is 82.5 Å². The van der Waals surface area contributed by atoms with Crippen molar-refractivity contribution in [2.45, 2.75) is 5.51 Å². The van der Waals surface area contributed by atoms with Crippen LogP contribution in [0.3, 0.4) is 0 Å². The predicted octanol–water partition coefficient (Wildman–Crippen LogP) is 0.357. The Hall–Kier alpha value is -0.0899. The molecule has 0 atom stereocenters. The van der Waals surface area contributed by atoms with Gasteiger partial charge in [-0.2, -0.15) is 0 Å². The monoisotopic (exact) mass is 318 g/mol. The summed E-state index contributed by atoms with van der Waals surface area (Å²) >= 11 is -1.41. The van der Waals surface area contributed by atoms with Crippen LogP contribution in [0.15, 0.2) is 13.1 Å². The van der Waals surface area contributed by atoms with Crippen LogP contribution in [-0.2, 0) is 14.4 Å². The molecule has 1 rings (SSSR count). The Morgan fingerprint density at radius 3 is 2.46 bits per heavy atom. The molecule has 5 nitrogen and oxygen atoms in total. The Morgan fingerprint density at radius 2 is 2.08 bits per heavy atom. The third-order valence-electron chi connectivity index (χ3n) is 0.938. The average molecular weight is 318 g/mol. The molecule has 0 saturated heterocycles. The van der Waals surface area contributed by atoms with Crippen molar-refractivity contribution in [3.8, 4) is 0 Å². The van der Waals surface area contributed by atoms with Crippen molar-refractivity contribution < 1.29 is 25.9 Å². The van der Waals surface area contributed by atoms with Gasteiger partial charge in [0.1, 0.15) is 0 Å². The molecule has 0 fully saturated rings. The van der Waals surface area contributed by atoms with Crippen LogP contribution in [0.1, 0.15) is 0 Å². The van der Waals surface area contributed by atoms with E-state index >= 15 is 0 Å². The van der Waals surface area contributed by atoms with Crippen LogP contribution in [-0.4, -0.2) is 41.8 Å². The molecule has 0 aliphatic carbocycles. The third-order valence-corrected chi connectivity index (χ3v) is 3.87. The first-order valence-corrected chi connectivity index (χ1v) is 7.62. The topological polar surface area (TPSA) is 59.0 Å². The van der Waals surface area contributed by atoms with Gasteiger partial charge >= 0.3 is 82.5 Å². The first-order valence-electron chi connectivity index (χ1n) is 2.84. The molecule has 1 heterocycles. The van der Waals surface area contributed by atoms with Crippen molar-refractivity contribution in [2.75, 3.05) is 0 Å². The zero-order chi connectivity index (χ0) is 10.1. The van der Waals surface area contributed by atoms with Crippen molar-refractivity contribution in [3.63, 3.8) is 0 Å². The van der Waals surface area contributed by atoms with E-state index in [2.05, 4.69) is 7.31 Å². The number of alkyl halides is 3. The molecule has 0 aromatic rings. The summed E-state index contributed by atoms with van der Waals surface area (Å²) in [7, 11) is -5.57. The van der Waals surface area contributed by atoms with Gasteiger partial charge < -0.3 is 0 Å². The van der Waals surface area contributed by atoms with Crippen LogP contribution >= 0.6 is 0 Å². The van der Waals surface area contributed by atoms with E-state index in [9.17, 15) is 21.6 Å². The molecule has 0 amide bonds. The Bertz CT molecular complexity index is 335. The first-order chi connectivity index (χ1) is 5.83. The van der Waals surface area contributed by atoms with Gasteiger partial charge in [0.15, 0.2) is 0 Å². The van der Waals surface area contributed by atoms with E-state index in [0.717, 1.165) is 6.20 Å². The molecule has 0 spiro atoms. The average Bonchev–Trinajstić information content (AvgIpc) is 2.35. The molecular weight excluding hydrogens is 316 g/mol. The minimum absolute atomic E-state index is 0.337. The fourth-order valence-corrected chi connectivity index (χ4v) is 2.60. The summed E-state index contributed by atoms with van der Waals surface area (Å²) in [5, 5.41) is 0.337. The van der Waals surface area contributed by atoms with Crippen molar-refractivity contribution in [1.82, 2.24) is 5.17 Å². The number of nitrogens with zero attached hydrogens (tertiary/aromatic N) is 2. The van der Waals surface area contributed by atoms with Gasteiger partial charge in [0.25, 0.3) is 0 Å². The predicted molar refractivity (Wildman–Crippen MR) is 35.2 cm³/mol. The first kappa shape index (κ1) is 11.0. The summed E-state index contributed by atoms with van der Waals surface area (Å²) in [5.41, 5.74) is -5.41. The van der Waals surface area contributed by atoms with Gasteiger partial charge in [-0.1, -0.05) is 0 Å². The number of halogens is 3. The van der Waals surface area contributed by atoms with Gasteiger partial charge in [-0.25, -0.2) is 0 Å². The quantitative estimate of drug-likeness (QED) is 0.690. The fraction of sp³-hybridized carbons (Fsp3) is 0.333. The van der Waals surface area contributed by atoms with Crippen molar-refractivity contribution >= 4 is 32.9 Å². The molecule has 72 valence electrons. The van der Waals surface area contributed by atoms with E-state index in [1.165, 1.54) is 3.83 Å². The summed E-state index contributed by atoms with van der Waals surface area (Å²) in [6, 6.07) is 0. The zero-order valence-electron chi connectivity index (χ0n) is 5.89. The van der Waals surface area contributed by atoms with Gasteiger partial charge in [-0.15, -0.1) is 0 Å². The van der Waals surface area contributed by atoms with Crippen LogP contribution in [0, 0.1) is 0 Å². The van der Waals surface area contributed by atoms with Gasteiger partial charge in [-0.05, 0) is 0 Å². The molecule has 0 saturated carbocycles. The molecule has 0 N–H and O–H groups in total. The number of rotatable bonds is 2. The Kier molecular flexibility index (Phi) is 3.02. The van der Waals surface area contributed by atoms with Gasteiger partial charge in [0.05, 0.1) is 0 Å². The normalized spacial score (nSPS) is 16.4. The van der Waals surface area contributed by atoms with E-state index in [1.54, 1.807) is 0 Å². The molecule has 10 heteroatoms. The molecule has 0 aromatic carbocycles. The van der Waals surface area contributed by atoms with E-state index in [4.69, 9.17) is 0 Å². The van der Waals surface area contributed by atoms with E-state index in [-0.39, 0.29) is 0 Å². The maximum absolute atomic E-state index is 11.7. The maximum atomic E-state index is 11.7. The van der Waals surface area contributed by atoms with E-state index < -0.39 is 38.4 Å². The zero-order valence-corrected chi connectivity index (χ0v) is 10.0. The van der Waals surface area contributed by atoms with Crippen LogP contribution in [0.2, 0.25) is 0 Å². The molecule has 1 aliphatic heterocycles. The SMILES string of the molecule is O=S(=O)(ON1C=[CH][In]=[N]1)C(F)(F)F. The second kappa shape index (κ2) is 3.58. The standard InChI is InChI=1S/C3H2F3N2O3S.In/c1-2-8(7)11-12(9,10)3(4,5)6;/h1-2H;. The van der Waals surface area contributed by atoms with Crippen LogP contribution in [0.25, 0.3) is 0 Å². The molecule has 0 aromatic heterocycles. The van der Waals surface area contributed by atoms with Gasteiger partial charge in [0.2, 0.25) is 0 Å². The van der Waals surface area contributed by atoms with E-state index in [0.29, 0.717) is 5.17 Å². The summed E-state index contributed by atoms with van der Waals surface area (Å²) in [4.78, 5) is 0. The Morgan fingerprint density at radius 1 is 1.46 bits per heavy atom. The van der Waals surface area contributed by atoms with Crippen molar-refractivity contribution in [3.05, 3.63) is 10.0 Å². The minimum atomic E-state index is -5.57. The molecule has 0 unspecified atom stereocenters. The second-order valence-electron chi connectivity index (χ2n) is 1.88. The molecule has 1 aliphatic rings. The molecule has 13 heavy (non-hydrogen) atoms. The Balaban J connectivity index is 2.74. The number of hydrogen-bond donors (Lipinski definition) is 0. The summed E-state index contributed by atoms with van der Waals surface area (Å²) in [5.74, 6) is 0. The van der Waals surface area contributed by atoms with Crippen LogP contribution in [0.4, 0.5) is 13.2 Å². The molecule has 0 radical (unpaired) electrons. The summed E-state index contributed by atoms with van der Waals surface area (Å²) in [6.07, 6.45) is 1.06. The van der Waals surface area contributed by atoms with Gasteiger partial charge in [-0.3, -0.25) is 0 Å². The second-order valence-corrected chi connectivity index (χ2v) is 6.01. The van der Waals surface area contributed by atoms with Crippen molar-refractivity contribution in [2.24, 2.45) is 3.03 Å². The van der Waals surface area contributed by atoms with Crippen LogP contribution < -0.4 is 0 Å². The number of hydrogen-bond acceptors (Lipinski definition) is 5. The third kappa shape index (κ3) is 2.68. The molecular formula is C3H2F3InN2O3S. The van der Waals surface area contributed by atoms with E-state index in [1.807, 2.05) is 0 Å². The summed E-state index contributed by atoms with van der Waals surface area (Å²) < 4.78 is 64.4. The number of hydroxylamine groups is 1.